The molecule has 1 aromatic carbocycles. The van der Waals surface area contributed by atoms with E-state index in [2.05, 4.69) is 21.2 Å². The van der Waals surface area contributed by atoms with Crippen molar-refractivity contribution >= 4 is 33.4 Å². The smallest absolute Gasteiger partial charge is 0.291 e. The van der Waals surface area contributed by atoms with Crippen LogP contribution in [0.1, 0.15) is 35.5 Å². The third-order valence-electron chi connectivity index (χ3n) is 4.08. The minimum atomic E-state index is -0.299. The zero-order valence-corrected chi connectivity index (χ0v) is 15.2. The molecule has 3 rings (SSSR count). The van der Waals surface area contributed by atoms with Crippen LogP contribution in [0.15, 0.2) is 39.4 Å². The molecule has 2 aromatic rings. The highest BCUT2D eigenvalue weighted by Gasteiger charge is 2.23. The molecule has 0 atom stereocenters. The quantitative estimate of drug-likeness (QED) is 0.865. The van der Waals surface area contributed by atoms with Crippen LogP contribution in [-0.2, 0) is 17.8 Å². The van der Waals surface area contributed by atoms with Crippen LogP contribution in [0.25, 0.3) is 0 Å². The first-order valence-corrected chi connectivity index (χ1v) is 8.70. The van der Waals surface area contributed by atoms with Crippen LogP contribution in [0, 0.1) is 5.92 Å². The van der Waals surface area contributed by atoms with E-state index < -0.39 is 0 Å². The predicted octanol–water partition coefficient (Wildman–Crippen LogP) is 3.84. The Morgan fingerprint density at radius 1 is 1.21 bits per heavy atom. The van der Waals surface area contributed by atoms with Gasteiger partial charge in [-0.1, -0.05) is 19.9 Å². The monoisotopic (exact) mass is 390 g/mol. The highest BCUT2D eigenvalue weighted by atomic mass is 79.9. The van der Waals surface area contributed by atoms with Crippen molar-refractivity contribution in [2.45, 2.75) is 26.8 Å². The van der Waals surface area contributed by atoms with Crippen LogP contribution in [0.5, 0.6) is 0 Å². The van der Waals surface area contributed by atoms with Crippen molar-refractivity contribution in [3.63, 3.8) is 0 Å². The van der Waals surface area contributed by atoms with Crippen molar-refractivity contribution < 1.29 is 14.0 Å². The SMILES string of the molecule is CC(C)C(=O)N1CCc2ccc(NC(=O)c3ccc(Br)o3)cc2C1. The number of benzene rings is 1. The molecule has 0 bridgehead atoms. The number of halogens is 1. The summed E-state index contributed by atoms with van der Waals surface area (Å²) in [5.74, 6) is 0.102. The normalized spacial score (nSPS) is 13.8. The Bertz CT molecular complexity index is 782. The molecule has 2 amide bonds. The number of carbonyl (C=O) groups is 2. The first kappa shape index (κ1) is 16.8. The molecule has 0 radical (unpaired) electrons. The maximum Gasteiger partial charge on any atom is 0.291 e. The van der Waals surface area contributed by atoms with Gasteiger partial charge in [-0.15, -0.1) is 0 Å². The summed E-state index contributed by atoms with van der Waals surface area (Å²) in [4.78, 5) is 26.2. The zero-order chi connectivity index (χ0) is 17.3. The molecule has 5 nitrogen and oxygen atoms in total. The Labute approximate surface area is 149 Å². The van der Waals surface area contributed by atoms with Crippen molar-refractivity contribution in [2.75, 3.05) is 11.9 Å². The number of furan rings is 1. The van der Waals surface area contributed by atoms with Gasteiger partial charge in [-0.2, -0.15) is 0 Å². The molecule has 0 aliphatic carbocycles. The summed E-state index contributed by atoms with van der Waals surface area (Å²) in [5.41, 5.74) is 3.00. The third-order valence-corrected chi connectivity index (χ3v) is 4.51. The second-order valence-electron chi connectivity index (χ2n) is 6.21. The number of anilines is 1. The van der Waals surface area contributed by atoms with E-state index in [0.29, 0.717) is 16.9 Å². The molecule has 126 valence electrons. The standard InChI is InChI=1S/C18H19BrN2O3/c1-11(2)18(23)21-8-7-12-3-4-14(9-13(12)10-21)20-17(22)15-5-6-16(19)24-15/h3-6,9,11H,7-8,10H2,1-2H3,(H,20,22). The number of amides is 2. The lowest BCUT2D eigenvalue weighted by Crippen LogP contribution is -2.38. The van der Waals surface area contributed by atoms with Gasteiger partial charge in [0.2, 0.25) is 5.91 Å². The van der Waals surface area contributed by atoms with Crippen LogP contribution in [0.4, 0.5) is 5.69 Å². The van der Waals surface area contributed by atoms with Crippen molar-refractivity contribution in [2.24, 2.45) is 5.92 Å². The van der Waals surface area contributed by atoms with Gasteiger partial charge in [0.15, 0.2) is 10.4 Å². The molecular weight excluding hydrogens is 372 g/mol. The molecule has 24 heavy (non-hydrogen) atoms. The predicted molar refractivity (Wildman–Crippen MR) is 94.8 cm³/mol. The highest BCUT2D eigenvalue weighted by Crippen LogP contribution is 2.24. The lowest BCUT2D eigenvalue weighted by atomic mass is 9.98. The molecule has 0 fully saturated rings. The molecule has 1 N–H and O–H groups in total. The largest absolute Gasteiger partial charge is 0.444 e. The average Bonchev–Trinajstić information content (AvgIpc) is 3.00. The van der Waals surface area contributed by atoms with E-state index in [1.807, 2.05) is 36.9 Å². The van der Waals surface area contributed by atoms with Gasteiger partial charge in [-0.25, -0.2) is 0 Å². The van der Waals surface area contributed by atoms with E-state index in [1.165, 1.54) is 5.56 Å². The molecule has 1 aliphatic rings. The number of hydrogen-bond donors (Lipinski definition) is 1. The van der Waals surface area contributed by atoms with Gasteiger partial charge in [0.1, 0.15) is 0 Å². The summed E-state index contributed by atoms with van der Waals surface area (Å²) < 4.78 is 5.77. The minimum Gasteiger partial charge on any atom is -0.444 e. The molecule has 1 aromatic heterocycles. The number of hydrogen-bond acceptors (Lipinski definition) is 3. The Hall–Kier alpha value is -2.08. The van der Waals surface area contributed by atoms with Gasteiger partial charge in [-0.05, 0) is 57.7 Å². The van der Waals surface area contributed by atoms with Gasteiger partial charge < -0.3 is 14.6 Å². The zero-order valence-electron chi connectivity index (χ0n) is 13.6. The first-order valence-electron chi connectivity index (χ1n) is 7.91. The van der Waals surface area contributed by atoms with Gasteiger partial charge in [0.25, 0.3) is 5.91 Å². The third kappa shape index (κ3) is 3.53. The molecule has 0 saturated heterocycles. The average molecular weight is 391 g/mol. The lowest BCUT2D eigenvalue weighted by Gasteiger charge is -2.30. The highest BCUT2D eigenvalue weighted by molar-refractivity contribution is 9.10. The lowest BCUT2D eigenvalue weighted by molar-refractivity contribution is -0.135. The van der Waals surface area contributed by atoms with Crippen LogP contribution in [-0.4, -0.2) is 23.3 Å². The van der Waals surface area contributed by atoms with Gasteiger partial charge in [0, 0.05) is 24.7 Å². The second-order valence-corrected chi connectivity index (χ2v) is 6.99. The molecule has 2 heterocycles. The number of nitrogens with zero attached hydrogens (tertiary/aromatic N) is 1. The fourth-order valence-electron chi connectivity index (χ4n) is 2.82. The molecule has 6 heteroatoms. The van der Waals surface area contributed by atoms with Crippen LogP contribution in [0.3, 0.4) is 0 Å². The Kier molecular flexibility index (Phi) is 4.76. The fourth-order valence-corrected chi connectivity index (χ4v) is 3.12. The van der Waals surface area contributed by atoms with Crippen LogP contribution in [0.2, 0.25) is 0 Å². The Morgan fingerprint density at radius 2 is 2.00 bits per heavy atom. The number of carbonyl (C=O) groups excluding carboxylic acids is 2. The molecular formula is C18H19BrN2O3. The van der Waals surface area contributed by atoms with Crippen LogP contribution >= 0.6 is 15.9 Å². The fraction of sp³-hybridized carbons (Fsp3) is 0.333. The summed E-state index contributed by atoms with van der Waals surface area (Å²) in [5, 5.41) is 2.83. The summed E-state index contributed by atoms with van der Waals surface area (Å²) in [6, 6.07) is 9.12. The first-order chi connectivity index (χ1) is 11.4. The van der Waals surface area contributed by atoms with E-state index in [4.69, 9.17) is 4.42 Å². The maximum absolute atomic E-state index is 12.2. The summed E-state index contributed by atoms with van der Waals surface area (Å²) in [6.45, 7) is 5.16. The topological polar surface area (TPSA) is 62.6 Å². The van der Waals surface area contributed by atoms with Crippen LogP contribution < -0.4 is 5.32 Å². The molecule has 0 unspecified atom stereocenters. The Balaban J connectivity index is 1.75. The molecule has 1 aliphatic heterocycles. The number of fused-ring (bicyclic) bond motifs is 1. The van der Waals surface area contributed by atoms with Crippen molar-refractivity contribution in [3.8, 4) is 0 Å². The van der Waals surface area contributed by atoms with Crippen molar-refractivity contribution in [1.82, 2.24) is 4.90 Å². The van der Waals surface area contributed by atoms with Gasteiger partial charge in [-0.3, -0.25) is 9.59 Å². The summed E-state index contributed by atoms with van der Waals surface area (Å²) in [6.07, 6.45) is 0.840. The van der Waals surface area contributed by atoms with E-state index in [9.17, 15) is 9.59 Å². The van der Waals surface area contributed by atoms with E-state index in [-0.39, 0.29) is 23.5 Å². The van der Waals surface area contributed by atoms with E-state index in [0.717, 1.165) is 18.5 Å². The summed E-state index contributed by atoms with van der Waals surface area (Å²) in [7, 11) is 0. The van der Waals surface area contributed by atoms with Crippen molar-refractivity contribution in [1.29, 1.82) is 0 Å². The number of nitrogens with one attached hydrogen (secondary N) is 1. The van der Waals surface area contributed by atoms with E-state index in [1.54, 1.807) is 12.1 Å². The Morgan fingerprint density at radius 3 is 2.67 bits per heavy atom. The molecule has 0 spiro atoms. The van der Waals surface area contributed by atoms with Crippen molar-refractivity contribution in [3.05, 3.63) is 51.9 Å². The second kappa shape index (κ2) is 6.81. The maximum atomic E-state index is 12.2. The summed E-state index contributed by atoms with van der Waals surface area (Å²) >= 11 is 3.18. The van der Waals surface area contributed by atoms with Gasteiger partial charge >= 0.3 is 0 Å². The minimum absolute atomic E-state index is 0.00756. The van der Waals surface area contributed by atoms with E-state index >= 15 is 0 Å². The van der Waals surface area contributed by atoms with Gasteiger partial charge in [0.05, 0.1) is 0 Å². The molecule has 0 saturated carbocycles. The number of rotatable bonds is 3.